The SMILES string of the molecule is COC(=O)[C@H](CSCc1ccccc1)NC(=O)[C@H](CSCc1ccccc1)NC(=O)CCNC(=O)OCc1ccccc1. The Morgan fingerprint density at radius 1 is 0.698 bits per heavy atom. The number of ether oxygens (including phenoxy) is 2. The number of esters is 1. The molecular weight excluding hydrogens is 587 g/mol. The van der Waals surface area contributed by atoms with Gasteiger partial charge in [0, 0.05) is 36.0 Å². The predicted octanol–water partition coefficient (Wildman–Crippen LogP) is 4.31. The summed E-state index contributed by atoms with van der Waals surface area (Å²) in [7, 11) is 1.27. The fourth-order valence-electron chi connectivity index (χ4n) is 3.82. The maximum Gasteiger partial charge on any atom is 0.407 e. The quantitative estimate of drug-likeness (QED) is 0.190. The van der Waals surface area contributed by atoms with E-state index in [2.05, 4.69) is 16.0 Å². The Bertz CT molecular complexity index is 1280. The second-order valence-corrected chi connectivity index (χ2v) is 11.5. The molecule has 3 aromatic rings. The van der Waals surface area contributed by atoms with Gasteiger partial charge < -0.3 is 25.4 Å². The van der Waals surface area contributed by atoms with Crippen LogP contribution >= 0.6 is 23.5 Å². The predicted molar refractivity (Wildman–Crippen MR) is 170 cm³/mol. The molecule has 0 fully saturated rings. The minimum absolute atomic E-state index is 0.0336. The lowest BCUT2D eigenvalue weighted by Gasteiger charge is -2.22. The number of alkyl carbamates (subject to hydrolysis) is 1. The van der Waals surface area contributed by atoms with Crippen molar-refractivity contribution >= 4 is 47.4 Å². The normalized spacial score (nSPS) is 11.9. The largest absolute Gasteiger partial charge is 0.467 e. The van der Waals surface area contributed by atoms with Crippen molar-refractivity contribution in [2.75, 3.05) is 25.2 Å². The molecule has 0 saturated carbocycles. The van der Waals surface area contributed by atoms with Crippen LogP contribution in [0.25, 0.3) is 0 Å². The Morgan fingerprint density at radius 2 is 1.21 bits per heavy atom. The highest BCUT2D eigenvalue weighted by molar-refractivity contribution is 7.98. The van der Waals surface area contributed by atoms with Gasteiger partial charge in [0.1, 0.15) is 18.7 Å². The highest BCUT2D eigenvalue weighted by Crippen LogP contribution is 2.15. The summed E-state index contributed by atoms with van der Waals surface area (Å²) in [6.07, 6.45) is -0.695. The van der Waals surface area contributed by atoms with Gasteiger partial charge in [-0.2, -0.15) is 23.5 Å². The summed E-state index contributed by atoms with van der Waals surface area (Å²) in [5.74, 6) is 0.427. The van der Waals surface area contributed by atoms with Crippen LogP contribution in [0.4, 0.5) is 4.79 Å². The second kappa shape index (κ2) is 19.3. The molecule has 0 aromatic heterocycles. The third-order valence-corrected chi connectivity index (χ3v) is 8.29. The Hall–Kier alpha value is -3.96. The molecule has 0 aliphatic carbocycles. The first-order chi connectivity index (χ1) is 20.9. The van der Waals surface area contributed by atoms with Gasteiger partial charge in [-0.05, 0) is 16.7 Å². The number of methoxy groups -OCH3 is 1. The molecule has 0 aliphatic rings. The van der Waals surface area contributed by atoms with Gasteiger partial charge in [-0.1, -0.05) is 91.0 Å². The summed E-state index contributed by atoms with van der Waals surface area (Å²) in [5.41, 5.74) is 3.03. The van der Waals surface area contributed by atoms with Crippen LogP contribution in [0, 0.1) is 0 Å². The van der Waals surface area contributed by atoms with Crippen molar-refractivity contribution in [3.63, 3.8) is 0 Å². The molecule has 0 spiro atoms. The van der Waals surface area contributed by atoms with Crippen LogP contribution < -0.4 is 16.0 Å². The Morgan fingerprint density at radius 3 is 1.74 bits per heavy atom. The molecule has 11 heteroatoms. The van der Waals surface area contributed by atoms with E-state index >= 15 is 0 Å². The molecule has 0 radical (unpaired) electrons. The summed E-state index contributed by atoms with van der Waals surface area (Å²) in [6, 6.07) is 27.1. The highest BCUT2D eigenvalue weighted by atomic mass is 32.2. The summed E-state index contributed by atoms with van der Waals surface area (Å²) >= 11 is 2.98. The molecule has 43 heavy (non-hydrogen) atoms. The zero-order valence-electron chi connectivity index (χ0n) is 24.0. The Balaban J connectivity index is 1.53. The summed E-state index contributed by atoms with van der Waals surface area (Å²) in [5, 5.41) is 8.07. The van der Waals surface area contributed by atoms with Gasteiger partial charge >= 0.3 is 12.1 Å². The molecule has 0 unspecified atom stereocenters. The summed E-state index contributed by atoms with van der Waals surface area (Å²) in [4.78, 5) is 50.6. The molecule has 3 rings (SSSR count). The average Bonchev–Trinajstić information content (AvgIpc) is 3.04. The van der Waals surface area contributed by atoms with Crippen molar-refractivity contribution in [2.45, 2.75) is 36.6 Å². The van der Waals surface area contributed by atoms with E-state index in [-0.39, 0.29) is 25.3 Å². The number of amides is 3. The maximum atomic E-state index is 13.3. The maximum absolute atomic E-state index is 13.3. The molecule has 0 bridgehead atoms. The molecule has 3 amide bonds. The zero-order valence-corrected chi connectivity index (χ0v) is 25.7. The zero-order chi connectivity index (χ0) is 30.7. The number of hydrogen-bond acceptors (Lipinski definition) is 8. The number of thioether (sulfide) groups is 2. The molecule has 3 N–H and O–H groups in total. The second-order valence-electron chi connectivity index (χ2n) is 9.44. The molecule has 0 aliphatic heterocycles. The van der Waals surface area contributed by atoms with Gasteiger partial charge in [-0.15, -0.1) is 0 Å². The van der Waals surface area contributed by atoms with Crippen molar-refractivity contribution in [2.24, 2.45) is 0 Å². The number of carbonyl (C=O) groups is 4. The van der Waals surface area contributed by atoms with Gasteiger partial charge in [0.05, 0.1) is 7.11 Å². The van der Waals surface area contributed by atoms with E-state index in [1.54, 1.807) is 0 Å². The van der Waals surface area contributed by atoms with E-state index in [0.29, 0.717) is 17.3 Å². The van der Waals surface area contributed by atoms with Gasteiger partial charge in [-0.3, -0.25) is 9.59 Å². The van der Waals surface area contributed by atoms with Crippen molar-refractivity contribution in [1.82, 2.24) is 16.0 Å². The summed E-state index contributed by atoms with van der Waals surface area (Å²) < 4.78 is 10.1. The number of nitrogens with one attached hydrogen (secondary N) is 3. The first-order valence-electron chi connectivity index (χ1n) is 13.8. The van der Waals surface area contributed by atoms with Gasteiger partial charge in [0.2, 0.25) is 11.8 Å². The third-order valence-electron chi connectivity index (χ3n) is 6.08. The van der Waals surface area contributed by atoms with Crippen molar-refractivity contribution in [1.29, 1.82) is 0 Å². The van der Waals surface area contributed by atoms with Gasteiger partial charge in [0.15, 0.2) is 0 Å². The lowest BCUT2D eigenvalue weighted by molar-refractivity contribution is -0.144. The number of rotatable bonds is 17. The minimum Gasteiger partial charge on any atom is -0.467 e. The van der Waals surface area contributed by atoms with Crippen LogP contribution in [-0.4, -0.2) is 61.1 Å². The molecular formula is C32H37N3O6S2. The molecule has 3 aromatic carbocycles. The average molecular weight is 624 g/mol. The van der Waals surface area contributed by atoms with E-state index in [4.69, 9.17) is 9.47 Å². The fraction of sp³-hybridized carbons (Fsp3) is 0.312. The molecule has 2 atom stereocenters. The van der Waals surface area contributed by atoms with Crippen LogP contribution in [-0.2, 0) is 42.0 Å². The molecule has 228 valence electrons. The smallest absolute Gasteiger partial charge is 0.407 e. The number of carbonyl (C=O) groups excluding carboxylic acids is 4. The minimum atomic E-state index is -0.905. The van der Waals surface area contributed by atoms with Crippen LogP contribution in [0.15, 0.2) is 91.0 Å². The van der Waals surface area contributed by atoms with E-state index in [1.165, 1.54) is 30.6 Å². The van der Waals surface area contributed by atoms with E-state index in [9.17, 15) is 19.2 Å². The number of hydrogen-bond donors (Lipinski definition) is 3. The highest BCUT2D eigenvalue weighted by Gasteiger charge is 2.27. The molecule has 9 nitrogen and oxygen atoms in total. The van der Waals surface area contributed by atoms with Crippen LogP contribution in [0.5, 0.6) is 0 Å². The molecule has 0 heterocycles. The van der Waals surface area contributed by atoms with E-state index in [1.807, 2.05) is 91.0 Å². The van der Waals surface area contributed by atoms with Gasteiger partial charge in [0.25, 0.3) is 0 Å². The third kappa shape index (κ3) is 13.3. The Kier molecular flexibility index (Phi) is 15.0. The fourth-order valence-corrected chi connectivity index (χ4v) is 5.84. The standard InChI is InChI=1S/C32H37N3O6S2/c1-40-31(38)28(23-43-21-26-15-9-4-10-16-26)35-30(37)27(22-42-20-25-13-7-3-8-14-25)34-29(36)17-18-33-32(39)41-19-24-11-5-2-6-12-24/h2-16,27-28H,17-23H2,1H3,(H,33,39)(H,34,36)(H,35,37)/t27-,28-/m0/s1. The lowest BCUT2D eigenvalue weighted by Crippen LogP contribution is -2.53. The van der Waals surface area contributed by atoms with E-state index < -0.39 is 36.0 Å². The topological polar surface area (TPSA) is 123 Å². The first kappa shape index (κ1) is 33.5. The van der Waals surface area contributed by atoms with Crippen molar-refractivity contribution in [3.05, 3.63) is 108 Å². The summed E-state index contributed by atoms with van der Waals surface area (Å²) in [6.45, 7) is 0.149. The van der Waals surface area contributed by atoms with Crippen LogP contribution in [0.1, 0.15) is 23.1 Å². The van der Waals surface area contributed by atoms with Gasteiger partial charge in [-0.25, -0.2) is 9.59 Å². The monoisotopic (exact) mass is 623 g/mol. The van der Waals surface area contributed by atoms with Crippen molar-refractivity contribution in [3.8, 4) is 0 Å². The van der Waals surface area contributed by atoms with Crippen LogP contribution in [0.2, 0.25) is 0 Å². The van der Waals surface area contributed by atoms with Crippen molar-refractivity contribution < 1.29 is 28.7 Å². The van der Waals surface area contributed by atoms with Crippen LogP contribution in [0.3, 0.4) is 0 Å². The first-order valence-corrected chi connectivity index (χ1v) is 16.1. The van der Waals surface area contributed by atoms with E-state index in [0.717, 1.165) is 16.7 Å². The number of benzene rings is 3. The lowest BCUT2D eigenvalue weighted by atomic mass is 10.2. The molecule has 0 saturated heterocycles. The Labute approximate surface area is 260 Å².